The van der Waals surface area contributed by atoms with E-state index in [4.69, 9.17) is 10.2 Å². The molecule has 0 atom stereocenters. The molecule has 0 saturated heterocycles. The molecule has 0 unspecified atom stereocenters. The Balaban J connectivity index is 2.86. The van der Waals surface area contributed by atoms with Crippen LogP contribution in [0.2, 0.25) is 0 Å². The summed E-state index contributed by atoms with van der Waals surface area (Å²) >= 11 is 0. The number of hydrogen-bond acceptors (Lipinski definition) is 6. The maximum absolute atomic E-state index is 11.0. The molecule has 0 aliphatic heterocycles. The van der Waals surface area contributed by atoms with E-state index in [0.29, 0.717) is 0 Å². The Kier molecular flexibility index (Phi) is 3.37. The number of aliphatic hydroxyl groups excluding tert-OH is 2. The van der Waals surface area contributed by atoms with Crippen molar-refractivity contribution < 1.29 is 10.2 Å². The minimum atomic E-state index is -0.718. The van der Waals surface area contributed by atoms with Crippen LogP contribution in [0.3, 0.4) is 0 Å². The molecular weight excluding hydrogens is 192 g/mol. The van der Waals surface area contributed by atoms with E-state index in [1.54, 1.807) is 0 Å². The first kappa shape index (κ1) is 10.4. The molecule has 1 aromatic heterocycles. The summed E-state index contributed by atoms with van der Waals surface area (Å²) in [5.41, 5.74) is -1.43. The van der Waals surface area contributed by atoms with E-state index in [1.807, 2.05) is 10.1 Å². The molecule has 1 heterocycles. The van der Waals surface area contributed by atoms with Crippen molar-refractivity contribution in [1.29, 1.82) is 0 Å². The number of nitrogens with zero attached hydrogens (tertiary/aromatic N) is 1. The summed E-state index contributed by atoms with van der Waals surface area (Å²) in [4.78, 5) is 23.5. The third kappa shape index (κ3) is 2.41. The van der Waals surface area contributed by atoms with Gasteiger partial charge >= 0.3 is 5.69 Å². The summed E-state index contributed by atoms with van der Waals surface area (Å²) in [5.74, 6) is -0.155. The highest BCUT2D eigenvalue weighted by Crippen LogP contribution is 1.91. The highest BCUT2D eigenvalue weighted by atomic mass is 16.3. The Morgan fingerprint density at radius 2 is 2.00 bits per heavy atom. The van der Waals surface area contributed by atoms with E-state index in [2.05, 4.69) is 10.4 Å². The Bertz CT molecular complexity index is 393. The molecular formula is C6H10N4O4. The van der Waals surface area contributed by atoms with E-state index in [1.165, 1.54) is 0 Å². The average Bonchev–Trinajstić information content (AvgIpc) is 2.17. The second-order valence-electron chi connectivity index (χ2n) is 2.56. The number of anilines is 1. The molecule has 0 amide bonds. The molecule has 0 bridgehead atoms. The van der Waals surface area contributed by atoms with Gasteiger partial charge in [0.05, 0.1) is 19.3 Å². The van der Waals surface area contributed by atoms with Gasteiger partial charge in [-0.15, -0.1) is 5.10 Å². The van der Waals surface area contributed by atoms with E-state index >= 15 is 0 Å². The smallest absolute Gasteiger partial charge is 0.342 e. The van der Waals surface area contributed by atoms with Crippen LogP contribution < -0.4 is 16.6 Å². The molecule has 0 aliphatic rings. The predicted octanol–water partition coefficient (Wildman–Crippen LogP) is -2.78. The Hall–Kier alpha value is -1.67. The fourth-order valence-corrected chi connectivity index (χ4v) is 0.788. The number of aromatic amines is 2. The van der Waals surface area contributed by atoms with Crippen molar-refractivity contribution in [2.24, 2.45) is 0 Å². The van der Waals surface area contributed by atoms with Gasteiger partial charge in [-0.3, -0.25) is 9.78 Å². The third-order valence-corrected chi connectivity index (χ3v) is 1.49. The molecule has 0 saturated carbocycles. The van der Waals surface area contributed by atoms with Crippen LogP contribution in [0, 0.1) is 0 Å². The van der Waals surface area contributed by atoms with Crippen LogP contribution in [0.25, 0.3) is 0 Å². The highest BCUT2D eigenvalue weighted by Gasteiger charge is 2.09. The number of H-pyrrole nitrogens is 2. The minimum Gasteiger partial charge on any atom is -0.394 e. The monoisotopic (exact) mass is 202 g/mol. The molecule has 0 fully saturated rings. The molecule has 8 nitrogen and oxygen atoms in total. The highest BCUT2D eigenvalue weighted by molar-refractivity contribution is 5.30. The Morgan fingerprint density at radius 3 is 2.50 bits per heavy atom. The maximum atomic E-state index is 11.0. The summed E-state index contributed by atoms with van der Waals surface area (Å²) in [7, 11) is 0. The van der Waals surface area contributed by atoms with Crippen LogP contribution in [0.4, 0.5) is 5.82 Å². The Morgan fingerprint density at radius 1 is 1.36 bits per heavy atom. The summed E-state index contributed by atoms with van der Waals surface area (Å²) < 4.78 is 0. The third-order valence-electron chi connectivity index (χ3n) is 1.49. The molecule has 78 valence electrons. The van der Waals surface area contributed by atoms with E-state index < -0.39 is 17.3 Å². The van der Waals surface area contributed by atoms with Gasteiger partial charge in [-0.1, -0.05) is 0 Å². The topological polar surface area (TPSA) is 131 Å². The fourth-order valence-electron chi connectivity index (χ4n) is 0.788. The molecule has 1 rings (SSSR count). The lowest BCUT2D eigenvalue weighted by Crippen LogP contribution is -2.34. The summed E-state index contributed by atoms with van der Waals surface area (Å²) in [6, 6.07) is -0.686. The quantitative estimate of drug-likeness (QED) is 0.359. The van der Waals surface area contributed by atoms with E-state index in [-0.39, 0.29) is 19.0 Å². The average molecular weight is 202 g/mol. The number of hydrogen-bond donors (Lipinski definition) is 5. The lowest BCUT2D eigenvalue weighted by Gasteiger charge is -2.11. The van der Waals surface area contributed by atoms with Crippen LogP contribution in [0.1, 0.15) is 0 Å². The molecule has 0 spiro atoms. The molecule has 8 heteroatoms. The van der Waals surface area contributed by atoms with Crippen LogP contribution in [-0.4, -0.2) is 44.7 Å². The molecule has 0 aliphatic carbocycles. The SMILES string of the molecule is O=c1[nH]nc(NC(CO)CO)c(=O)[nH]1. The van der Waals surface area contributed by atoms with Gasteiger partial charge in [-0.05, 0) is 0 Å². The van der Waals surface area contributed by atoms with E-state index in [9.17, 15) is 9.59 Å². The fraction of sp³-hybridized carbons (Fsp3) is 0.500. The summed E-state index contributed by atoms with van der Waals surface area (Å²) in [6.07, 6.45) is 0. The zero-order chi connectivity index (χ0) is 10.6. The lowest BCUT2D eigenvalue weighted by molar-refractivity contribution is 0.203. The summed E-state index contributed by atoms with van der Waals surface area (Å²) in [5, 5.41) is 25.3. The van der Waals surface area contributed by atoms with Gasteiger partial charge in [0.15, 0.2) is 0 Å². The first-order valence-electron chi connectivity index (χ1n) is 3.84. The molecule has 0 aromatic carbocycles. The van der Waals surface area contributed by atoms with Gasteiger partial charge in [-0.25, -0.2) is 9.89 Å². The first-order valence-corrected chi connectivity index (χ1v) is 3.84. The van der Waals surface area contributed by atoms with Crippen molar-refractivity contribution in [3.8, 4) is 0 Å². The van der Waals surface area contributed by atoms with Gasteiger partial charge in [-0.2, -0.15) is 0 Å². The van der Waals surface area contributed by atoms with Crippen molar-refractivity contribution in [1.82, 2.24) is 15.2 Å². The molecule has 14 heavy (non-hydrogen) atoms. The second kappa shape index (κ2) is 4.53. The number of aliphatic hydroxyl groups is 2. The van der Waals surface area contributed by atoms with Crippen LogP contribution in [-0.2, 0) is 0 Å². The zero-order valence-electron chi connectivity index (χ0n) is 7.15. The second-order valence-corrected chi connectivity index (χ2v) is 2.56. The van der Waals surface area contributed by atoms with Gasteiger partial charge in [0, 0.05) is 0 Å². The van der Waals surface area contributed by atoms with Gasteiger partial charge < -0.3 is 15.5 Å². The van der Waals surface area contributed by atoms with Crippen molar-refractivity contribution in [2.45, 2.75) is 6.04 Å². The molecule has 1 aromatic rings. The van der Waals surface area contributed by atoms with Crippen LogP contribution in [0.5, 0.6) is 0 Å². The van der Waals surface area contributed by atoms with Crippen LogP contribution in [0.15, 0.2) is 9.59 Å². The summed E-state index contributed by atoms with van der Waals surface area (Å²) in [6.45, 7) is -0.701. The van der Waals surface area contributed by atoms with Gasteiger partial charge in [0.1, 0.15) is 0 Å². The normalized spacial score (nSPS) is 10.5. The zero-order valence-corrected chi connectivity index (χ0v) is 7.15. The van der Waals surface area contributed by atoms with Crippen molar-refractivity contribution in [3.05, 3.63) is 20.8 Å². The largest absolute Gasteiger partial charge is 0.394 e. The number of aromatic nitrogens is 3. The first-order chi connectivity index (χ1) is 6.67. The number of rotatable bonds is 4. The Labute approximate surface area is 77.6 Å². The van der Waals surface area contributed by atoms with Gasteiger partial charge in [0.25, 0.3) is 5.56 Å². The lowest BCUT2D eigenvalue weighted by atomic mass is 10.3. The molecule has 5 N–H and O–H groups in total. The van der Waals surface area contributed by atoms with Crippen LogP contribution >= 0.6 is 0 Å². The van der Waals surface area contributed by atoms with Crippen molar-refractivity contribution in [2.75, 3.05) is 18.5 Å². The molecule has 0 radical (unpaired) electrons. The predicted molar refractivity (Wildman–Crippen MR) is 47.1 cm³/mol. The maximum Gasteiger partial charge on any atom is 0.342 e. The van der Waals surface area contributed by atoms with Crippen molar-refractivity contribution >= 4 is 5.82 Å². The van der Waals surface area contributed by atoms with Crippen molar-refractivity contribution in [3.63, 3.8) is 0 Å². The number of nitrogens with one attached hydrogen (secondary N) is 3. The minimum absolute atomic E-state index is 0.155. The standard InChI is InChI=1S/C6H10N4O4/c11-1-3(2-12)7-4-5(13)8-6(14)10-9-4/h3,11-12H,1-2H2,(H,7,9)(H2,8,10,13,14). The van der Waals surface area contributed by atoms with Gasteiger partial charge in [0.2, 0.25) is 5.82 Å². The van der Waals surface area contributed by atoms with E-state index in [0.717, 1.165) is 0 Å².